The predicted molar refractivity (Wildman–Crippen MR) is 99.7 cm³/mol. The molecule has 1 amide bonds. The number of nitrogens with one attached hydrogen (secondary N) is 2. The van der Waals surface area contributed by atoms with Crippen molar-refractivity contribution in [3.05, 3.63) is 29.8 Å². The van der Waals surface area contributed by atoms with Crippen LogP contribution in [0.4, 0.5) is 0 Å². The Morgan fingerprint density at radius 3 is 2.92 bits per heavy atom. The molecule has 1 aromatic rings. The second-order valence-corrected chi connectivity index (χ2v) is 6.69. The lowest BCUT2D eigenvalue weighted by Crippen LogP contribution is -2.59. The van der Waals surface area contributed by atoms with Gasteiger partial charge in [-0.05, 0) is 12.5 Å². The lowest BCUT2D eigenvalue weighted by molar-refractivity contribution is -0.125. The van der Waals surface area contributed by atoms with E-state index >= 15 is 0 Å². The molecule has 0 spiro atoms. The van der Waals surface area contributed by atoms with Gasteiger partial charge in [0.25, 0.3) is 0 Å². The van der Waals surface area contributed by atoms with Crippen molar-refractivity contribution >= 4 is 30.7 Å². The van der Waals surface area contributed by atoms with E-state index in [4.69, 9.17) is 4.74 Å². The summed E-state index contributed by atoms with van der Waals surface area (Å²) < 4.78 is 5.65. The standard InChI is InChI=1S/C17H23N3O3.2ClH/c21-12-7-11-8-18-15(10-20(11)9-12)17(22)19-14-5-6-23-16-4-2-1-3-13(14)16;;/h1-4,11-12,14-15,18,21H,5-10H2,(H,19,22);2*1H/t11-,12?,14-,15?;;/m1../s1. The molecule has 1 aromatic carbocycles. The summed E-state index contributed by atoms with van der Waals surface area (Å²) in [5, 5.41) is 16.3. The Morgan fingerprint density at radius 1 is 1.28 bits per heavy atom. The third-order valence-corrected chi connectivity index (χ3v) is 5.11. The second kappa shape index (κ2) is 8.56. The Kier molecular flexibility index (Phi) is 6.93. The smallest absolute Gasteiger partial charge is 0.238 e. The molecule has 0 bridgehead atoms. The number of piperazine rings is 1. The van der Waals surface area contributed by atoms with Crippen LogP contribution in [-0.2, 0) is 4.79 Å². The van der Waals surface area contributed by atoms with Crippen molar-refractivity contribution in [1.82, 2.24) is 15.5 Å². The topological polar surface area (TPSA) is 73.8 Å². The van der Waals surface area contributed by atoms with E-state index in [0.717, 1.165) is 30.7 Å². The zero-order valence-corrected chi connectivity index (χ0v) is 15.5. The number of para-hydroxylation sites is 1. The lowest BCUT2D eigenvalue weighted by atomic mass is 10.00. The molecule has 140 valence electrons. The highest BCUT2D eigenvalue weighted by Crippen LogP contribution is 2.31. The van der Waals surface area contributed by atoms with Gasteiger partial charge in [-0.15, -0.1) is 24.8 Å². The van der Waals surface area contributed by atoms with E-state index in [9.17, 15) is 9.90 Å². The highest BCUT2D eigenvalue weighted by atomic mass is 35.5. The van der Waals surface area contributed by atoms with E-state index in [1.807, 2.05) is 24.3 Å². The van der Waals surface area contributed by atoms with Crippen molar-refractivity contribution < 1.29 is 14.6 Å². The van der Waals surface area contributed by atoms with Crippen LogP contribution in [0.2, 0.25) is 0 Å². The number of nitrogens with zero attached hydrogens (tertiary/aromatic N) is 1. The number of amides is 1. The van der Waals surface area contributed by atoms with Gasteiger partial charge in [-0.3, -0.25) is 9.69 Å². The van der Waals surface area contributed by atoms with Crippen LogP contribution in [-0.4, -0.2) is 60.3 Å². The van der Waals surface area contributed by atoms with Crippen molar-refractivity contribution in [2.24, 2.45) is 0 Å². The Hall–Kier alpha value is -1.05. The minimum Gasteiger partial charge on any atom is -0.493 e. The summed E-state index contributed by atoms with van der Waals surface area (Å²) >= 11 is 0. The summed E-state index contributed by atoms with van der Waals surface area (Å²) in [6.07, 6.45) is 1.33. The average Bonchev–Trinajstić information content (AvgIpc) is 2.94. The second-order valence-electron chi connectivity index (χ2n) is 6.69. The van der Waals surface area contributed by atoms with Crippen LogP contribution in [0.15, 0.2) is 24.3 Å². The van der Waals surface area contributed by atoms with Gasteiger partial charge in [0.2, 0.25) is 5.91 Å². The van der Waals surface area contributed by atoms with E-state index in [1.54, 1.807) is 0 Å². The van der Waals surface area contributed by atoms with Crippen LogP contribution in [0.1, 0.15) is 24.4 Å². The molecule has 0 saturated carbocycles. The van der Waals surface area contributed by atoms with Crippen molar-refractivity contribution in [3.8, 4) is 5.75 Å². The number of aliphatic hydroxyl groups excluding tert-OH is 1. The van der Waals surface area contributed by atoms with Gasteiger partial charge >= 0.3 is 0 Å². The van der Waals surface area contributed by atoms with Crippen molar-refractivity contribution in [1.29, 1.82) is 0 Å². The summed E-state index contributed by atoms with van der Waals surface area (Å²) in [5.74, 6) is 0.898. The monoisotopic (exact) mass is 389 g/mol. The number of aliphatic hydroxyl groups is 1. The number of hydrogen-bond acceptors (Lipinski definition) is 5. The van der Waals surface area contributed by atoms with E-state index in [1.165, 1.54) is 0 Å². The fourth-order valence-electron chi connectivity index (χ4n) is 3.91. The molecule has 3 aliphatic heterocycles. The largest absolute Gasteiger partial charge is 0.493 e. The number of rotatable bonds is 2. The van der Waals surface area contributed by atoms with Gasteiger partial charge in [0, 0.05) is 37.7 Å². The molecule has 2 fully saturated rings. The summed E-state index contributed by atoms with van der Waals surface area (Å²) in [5.41, 5.74) is 1.05. The Morgan fingerprint density at radius 2 is 2.08 bits per heavy atom. The summed E-state index contributed by atoms with van der Waals surface area (Å²) in [6, 6.07) is 8.04. The fraction of sp³-hybridized carbons (Fsp3) is 0.588. The quantitative estimate of drug-likeness (QED) is 0.699. The first-order valence-electron chi connectivity index (χ1n) is 8.38. The van der Waals surface area contributed by atoms with Gasteiger partial charge in [0.05, 0.1) is 24.8 Å². The maximum absolute atomic E-state index is 12.6. The highest BCUT2D eigenvalue weighted by Gasteiger charge is 2.38. The number of hydrogen-bond donors (Lipinski definition) is 3. The van der Waals surface area contributed by atoms with E-state index in [0.29, 0.717) is 25.7 Å². The van der Waals surface area contributed by atoms with Gasteiger partial charge in [-0.1, -0.05) is 18.2 Å². The molecular formula is C17H25Cl2N3O3. The number of fused-ring (bicyclic) bond motifs is 2. The van der Waals surface area contributed by atoms with Crippen LogP contribution in [0.3, 0.4) is 0 Å². The minimum absolute atomic E-state index is 0. The maximum Gasteiger partial charge on any atom is 0.238 e. The first-order chi connectivity index (χ1) is 11.2. The zero-order chi connectivity index (χ0) is 15.8. The van der Waals surface area contributed by atoms with Gasteiger partial charge in [-0.2, -0.15) is 0 Å². The Labute approximate surface area is 160 Å². The molecule has 3 N–H and O–H groups in total. The fourth-order valence-corrected chi connectivity index (χ4v) is 3.91. The van der Waals surface area contributed by atoms with E-state index < -0.39 is 0 Å². The molecule has 8 heteroatoms. The molecule has 4 atom stereocenters. The lowest BCUT2D eigenvalue weighted by Gasteiger charge is -2.36. The van der Waals surface area contributed by atoms with Crippen molar-refractivity contribution in [2.75, 3.05) is 26.2 Å². The molecule has 4 rings (SSSR count). The molecular weight excluding hydrogens is 365 g/mol. The molecule has 2 saturated heterocycles. The van der Waals surface area contributed by atoms with Gasteiger partial charge in [0.15, 0.2) is 0 Å². The molecule has 3 heterocycles. The molecule has 6 nitrogen and oxygen atoms in total. The number of ether oxygens (including phenoxy) is 1. The first-order valence-corrected chi connectivity index (χ1v) is 8.38. The third-order valence-electron chi connectivity index (χ3n) is 5.11. The van der Waals surface area contributed by atoms with E-state index in [2.05, 4.69) is 15.5 Å². The summed E-state index contributed by atoms with van der Waals surface area (Å²) in [6.45, 7) is 2.73. The van der Waals surface area contributed by atoms with Crippen LogP contribution < -0.4 is 15.4 Å². The van der Waals surface area contributed by atoms with Crippen molar-refractivity contribution in [3.63, 3.8) is 0 Å². The molecule has 0 radical (unpaired) electrons. The zero-order valence-electron chi connectivity index (χ0n) is 13.9. The molecule has 0 aliphatic carbocycles. The molecule has 3 aliphatic rings. The molecule has 0 aromatic heterocycles. The van der Waals surface area contributed by atoms with Crippen LogP contribution >= 0.6 is 24.8 Å². The predicted octanol–water partition coefficient (Wildman–Crippen LogP) is 0.877. The van der Waals surface area contributed by atoms with Gasteiger partial charge in [0.1, 0.15) is 5.75 Å². The summed E-state index contributed by atoms with van der Waals surface area (Å²) in [4.78, 5) is 14.9. The number of carbonyl (C=O) groups excluding carboxylic acids is 1. The first kappa shape index (κ1) is 20.3. The Bertz CT molecular complexity index is 604. The third kappa shape index (κ3) is 4.20. The number of carbonyl (C=O) groups is 1. The Balaban J connectivity index is 0.00000113. The normalized spacial score (nSPS) is 30.8. The maximum atomic E-state index is 12.6. The van der Waals surface area contributed by atoms with Crippen LogP contribution in [0, 0.1) is 0 Å². The van der Waals surface area contributed by atoms with Crippen LogP contribution in [0.5, 0.6) is 5.75 Å². The van der Waals surface area contributed by atoms with Gasteiger partial charge < -0.3 is 20.5 Å². The van der Waals surface area contributed by atoms with Gasteiger partial charge in [-0.25, -0.2) is 0 Å². The average molecular weight is 390 g/mol. The van der Waals surface area contributed by atoms with E-state index in [-0.39, 0.29) is 48.9 Å². The van der Waals surface area contributed by atoms with Crippen molar-refractivity contribution in [2.45, 2.75) is 37.1 Å². The van der Waals surface area contributed by atoms with Crippen LogP contribution in [0.25, 0.3) is 0 Å². The number of halogens is 2. The molecule has 25 heavy (non-hydrogen) atoms. The highest BCUT2D eigenvalue weighted by molar-refractivity contribution is 5.85. The SMILES string of the molecule is Cl.Cl.O=C(N[C@@H]1CCOc2ccccc21)C1CN2CC(O)C[C@@H]2CN1. The number of benzene rings is 1. The summed E-state index contributed by atoms with van der Waals surface area (Å²) in [7, 11) is 0. The minimum atomic E-state index is -0.258. The molecule has 2 unspecified atom stereocenters.